The number of hydrogen-bond donors (Lipinski definition) is 0. The molecule has 2 nitrogen and oxygen atoms in total. The lowest BCUT2D eigenvalue weighted by Crippen LogP contribution is -2.45. The van der Waals surface area contributed by atoms with Crippen LogP contribution in [-0.2, 0) is 13.0 Å². The summed E-state index contributed by atoms with van der Waals surface area (Å²) in [6.07, 6.45) is 6.65. The van der Waals surface area contributed by atoms with Crippen LogP contribution in [0.4, 0.5) is 4.39 Å². The lowest BCUT2D eigenvalue weighted by atomic mass is 9.69. The van der Waals surface area contributed by atoms with Gasteiger partial charge in [0, 0.05) is 43.8 Å². The van der Waals surface area contributed by atoms with E-state index in [0.717, 1.165) is 37.2 Å². The summed E-state index contributed by atoms with van der Waals surface area (Å²) in [4.78, 5) is 5.29. The van der Waals surface area contributed by atoms with E-state index in [1.54, 1.807) is 6.07 Å². The molecule has 2 saturated carbocycles. The zero-order valence-corrected chi connectivity index (χ0v) is 12.5. The SMILES string of the molecule is Fc1cccc2c1CN(CC13CC(C1)N(C1CC1)C3)CC2. The van der Waals surface area contributed by atoms with Crippen LogP contribution in [0.25, 0.3) is 0 Å². The van der Waals surface area contributed by atoms with E-state index in [0.29, 0.717) is 5.41 Å². The van der Waals surface area contributed by atoms with E-state index in [1.165, 1.54) is 44.3 Å². The summed E-state index contributed by atoms with van der Waals surface area (Å²) in [6.45, 7) is 4.41. The first-order chi connectivity index (χ1) is 10.2. The Morgan fingerprint density at radius 2 is 2.05 bits per heavy atom. The Morgan fingerprint density at radius 1 is 1.19 bits per heavy atom. The number of hydrogen-bond acceptors (Lipinski definition) is 2. The summed E-state index contributed by atoms with van der Waals surface area (Å²) >= 11 is 0. The molecule has 3 heteroatoms. The molecule has 112 valence electrons. The number of nitrogens with zero attached hydrogens (tertiary/aromatic N) is 2. The molecule has 0 radical (unpaired) electrons. The third kappa shape index (κ3) is 1.97. The Kier molecular flexibility index (Phi) is 2.58. The lowest BCUT2D eigenvalue weighted by Gasteiger charge is -2.42. The molecular formula is C18H23FN2. The van der Waals surface area contributed by atoms with Gasteiger partial charge in [0.05, 0.1) is 0 Å². The molecular weight excluding hydrogens is 263 g/mol. The monoisotopic (exact) mass is 286 g/mol. The van der Waals surface area contributed by atoms with Crippen molar-refractivity contribution in [1.29, 1.82) is 0 Å². The number of halogens is 1. The number of fused-ring (bicyclic) bond motifs is 2. The van der Waals surface area contributed by atoms with Crippen LogP contribution < -0.4 is 0 Å². The highest BCUT2D eigenvalue weighted by atomic mass is 19.1. The Labute approximate surface area is 125 Å². The summed E-state index contributed by atoms with van der Waals surface area (Å²) in [6, 6.07) is 7.36. The van der Waals surface area contributed by atoms with E-state index in [-0.39, 0.29) is 5.82 Å². The molecule has 0 amide bonds. The van der Waals surface area contributed by atoms with Crippen molar-refractivity contribution in [1.82, 2.24) is 9.80 Å². The van der Waals surface area contributed by atoms with Crippen LogP contribution in [0.1, 0.15) is 36.8 Å². The van der Waals surface area contributed by atoms with Crippen molar-refractivity contribution in [3.8, 4) is 0 Å². The lowest BCUT2D eigenvalue weighted by molar-refractivity contribution is 0.0952. The fourth-order valence-electron chi connectivity index (χ4n) is 5.04. The van der Waals surface area contributed by atoms with E-state index in [4.69, 9.17) is 0 Å². The van der Waals surface area contributed by atoms with Crippen molar-refractivity contribution in [3.05, 3.63) is 35.1 Å². The third-order valence-corrected chi connectivity index (χ3v) is 6.19. The predicted octanol–water partition coefficient (Wildman–Crippen LogP) is 2.81. The minimum atomic E-state index is -0.00721. The van der Waals surface area contributed by atoms with Gasteiger partial charge in [0.1, 0.15) is 5.82 Å². The van der Waals surface area contributed by atoms with Gasteiger partial charge in [-0.25, -0.2) is 4.39 Å². The maximum absolute atomic E-state index is 14.0. The second-order valence-corrected chi connectivity index (χ2v) is 7.80. The second-order valence-electron chi connectivity index (χ2n) is 7.80. The second kappa shape index (κ2) is 4.30. The Bertz CT molecular complexity index is 575. The standard InChI is InChI=1S/C18H23FN2/c19-17-3-1-2-13-6-7-20(10-16(13)17)11-18-8-15(9-18)21(12-18)14-4-5-14/h1-3,14-15H,4-12H2. The average Bonchev–Trinajstić information content (AvgIpc) is 3.15. The maximum atomic E-state index is 14.0. The molecule has 0 spiro atoms. The van der Waals surface area contributed by atoms with Crippen LogP contribution in [0.2, 0.25) is 0 Å². The largest absolute Gasteiger partial charge is 0.298 e. The van der Waals surface area contributed by atoms with Crippen molar-refractivity contribution in [2.75, 3.05) is 19.6 Å². The van der Waals surface area contributed by atoms with Crippen LogP contribution in [0, 0.1) is 11.2 Å². The van der Waals surface area contributed by atoms with Gasteiger partial charge >= 0.3 is 0 Å². The first kappa shape index (κ1) is 12.6. The third-order valence-electron chi connectivity index (χ3n) is 6.19. The van der Waals surface area contributed by atoms with Crippen molar-refractivity contribution in [2.45, 2.75) is 50.7 Å². The topological polar surface area (TPSA) is 6.48 Å². The quantitative estimate of drug-likeness (QED) is 0.843. The zero-order valence-electron chi connectivity index (χ0n) is 12.5. The Morgan fingerprint density at radius 3 is 2.86 bits per heavy atom. The molecule has 3 aliphatic heterocycles. The molecule has 0 atom stereocenters. The Hall–Kier alpha value is -0.930. The van der Waals surface area contributed by atoms with Gasteiger partial charge in [-0.3, -0.25) is 9.80 Å². The normalized spacial score (nSPS) is 35.6. The van der Waals surface area contributed by atoms with Crippen molar-refractivity contribution >= 4 is 0 Å². The molecule has 2 aliphatic carbocycles. The first-order valence-corrected chi connectivity index (χ1v) is 8.47. The molecule has 0 N–H and O–H groups in total. The van der Waals surface area contributed by atoms with Crippen LogP contribution in [-0.4, -0.2) is 41.5 Å². The molecule has 0 aromatic heterocycles. The molecule has 4 fully saturated rings. The van der Waals surface area contributed by atoms with E-state index in [2.05, 4.69) is 15.9 Å². The van der Waals surface area contributed by atoms with Gasteiger partial charge in [-0.1, -0.05) is 12.1 Å². The van der Waals surface area contributed by atoms with Gasteiger partial charge in [-0.2, -0.15) is 0 Å². The van der Waals surface area contributed by atoms with E-state index in [9.17, 15) is 4.39 Å². The van der Waals surface area contributed by atoms with E-state index >= 15 is 0 Å². The van der Waals surface area contributed by atoms with Gasteiger partial charge in [0.25, 0.3) is 0 Å². The van der Waals surface area contributed by atoms with Crippen LogP contribution in [0.3, 0.4) is 0 Å². The Balaban J connectivity index is 1.29. The van der Waals surface area contributed by atoms with E-state index in [1.807, 2.05) is 6.07 Å². The van der Waals surface area contributed by atoms with Crippen molar-refractivity contribution in [2.24, 2.45) is 5.41 Å². The molecule has 2 bridgehead atoms. The van der Waals surface area contributed by atoms with Gasteiger partial charge in [0.2, 0.25) is 0 Å². The van der Waals surface area contributed by atoms with Gasteiger partial charge in [-0.05, 0) is 49.1 Å². The molecule has 0 unspecified atom stereocenters. The highest BCUT2D eigenvalue weighted by molar-refractivity contribution is 5.30. The fraction of sp³-hybridized carbons (Fsp3) is 0.667. The number of benzene rings is 1. The van der Waals surface area contributed by atoms with Gasteiger partial charge < -0.3 is 0 Å². The van der Waals surface area contributed by atoms with E-state index < -0.39 is 0 Å². The maximum Gasteiger partial charge on any atom is 0.127 e. The fourth-order valence-corrected chi connectivity index (χ4v) is 5.04. The minimum absolute atomic E-state index is 0.00721. The highest BCUT2D eigenvalue weighted by Gasteiger charge is 2.58. The highest BCUT2D eigenvalue weighted by Crippen LogP contribution is 2.55. The van der Waals surface area contributed by atoms with Gasteiger partial charge in [-0.15, -0.1) is 0 Å². The zero-order chi connectivity index (χ0) is 14.0. The molecule has 1 aromatic carbocycles. The van der Waals surface area contributed by atoms with Crippen molar-refractivity contribution in [3.63, 3.8) is 0 Å². The number of rotatable bonds is 3. The average molecular weight is 286 g/mol. The predicted molar refractivity (Wildman–Crippen MR) is 80.6 cm³/mol. The summed E-state index contributed by atoms with van der Waals surface area (Å²) < 4.78 is 14.0. The summed E-state index contributed by atoms with van der Waals surface area (Å²) in [5.74, 6) is -0.00721. The molecule has 2 saturated heterocycles. The van der Waals surface area contributed by atoms with Crippen LogP contribution in [0.5, 0.6) is 0 Å². The molecule has 5 aliphatic rings. The smallest absolute Gasteiger partial charge is 0.127 e. The molecule has 6 rings (SSSR count). The summed E-state index contributed by atoms with van der Waals surface area (Å²) in [5.41, 5.74) is 2.71. The summed E-state index contributed by atoms with van der Waals surface area (Å²) in [5, 5.41) is 0. The van der Waals surface area contributed by atoms with Crippen molar-refractivity contribution < 1.29 is 4.39 Å². The van der Waals surface area contributed by atoms with Crippen LogP contribution >= 0.6 is 0 Å². The first-order valence-electron chi connectivity index (χ1n) is 8.47. The minimum Gasteiger partial charge on any atom is -0.298 e. The molecule has 3 heterocycles. The van der Waals surface area contributed by atoms with Crippen LogP contribution in [0.15, 0.2) is 18.2 Å². The van der Waals surface area contributed by atoms with Gasteiger partial charge in [0.15, 0.2) is 0 Å². The molecule has 1 aromatic rings. The summed E-state index contributed by atoms with van der Waals surface area (Å²) in [7, 11) is 0. The molecule has 21 heavy (non-hydrogen) atoms.